The summed E-state index contributed by atoms with van der Waals surface area (Å²) < 4.78 is 5.94. The lowest BCUT2D eigenvalue weighted by molar-refractivity contribution is -0.116. The number of carbonyl (C=O) groups excluding carboxylic acids is 4. The number of piperazine rings is 1. The van der Waals surface area contributed by atoms with E-state index >= 15 is 0 Å². The molecule has 9 heteroatoms. The van der Waals surface area contributed by atoms with E-state index in [4.69, 9.17) is 4.74 Å². The second-order valence-corrected chi connectivity index (χ2v) is 11.0. The highest BCUT2D eigenvalue weighted by Crippen LogP contribution is 2.39. The van der Waals surface area contributed by atoms with Gasteiger partial charge in [0.1, 0.15) is 0 Å². The summed E-state index contributed by atoms with van der Waals surface area (Å²) in [5.74, 6) is -0.597. The minimum atomic E-state index is -0.370. The molecule has 42 heavy (non-hydrogen) atoms. The van der Waals surface area contributed by atoms with Crippen LogP contribution in [0.25, 0.3) is 5.57 Å². The molecule has 8 nitrogen and oxygen atoms in total. The van der Waals surface area contributed by atoms with Gasteiger partial charge in [-0.15, -0.1) is 0 Å². The van der Waals surface area contributed by atoms with E-state index in [9.17, 15) is 19.2 Å². The average molecular weight is 631 g/mol. The minimum absolute atomic E-state index is 0.124. The van der Waals surface area contributed by atoms with Gasteiger partial charge in [-0.25, -0.2) is 4.79 Å². The first-order valence-electron chi connectivity index (χ1n) is 14.1. The molecule has 5 rings (SSSR count). The van der Waals surface area contributed by atoms with E-state index in [1.54, 1.807) is 52.8 Å². The van der Waals surface area contributed by atoms with Crippen LogP contribution in [0, 0.1) is 0 Å². The zero-order chi connectivity index (χ0) is 29.8. The predicted molar refractivity (Wildman–Crippen MR) is 163 cm³/mol. The summed E-state index contributed by atoms with van der Waals surface area (Å²) in [6.07, 6.45) is -0.124. The summed E-state index contributed by atoms with van der Waals surface area (Å²) in [6, 6.07) is 22.1. The van der Waals surface area contributed by atoms with Crippen LogP contribution < -0.4 is 0 Å². The Kier molecular flexibility index (Phi) is 8.87. The third kappa shape index (κ3) is 5.87. The van der Waals surface area contributed by atoms with Crippen molar-refractivity contribution >= 4 is 45.2 Å². The fourth-order valence-electron chi connectivity index (χ4n) is 5.36. The third-order valence-electron chi connectivity index (χ3n) is 7.54. The lowest BCUT2D eigenvalue weighted by Gasteiger charge is -2.34. The largest absolute Gasteiger partial charge is 0.450 e. The zero-order valence-corrected chi connectivity index (χ0v) is 25.2. The third-order valence-corrected chi connectivity index (χ3v) is 8.03. The van der Waals surface area contributed by atoms with Crippen LogP contribution in [0.1, 0.15) is 57.7 Å². The molecule has 0 radical (unpaired) electrons. The standard InChI is InChI=1S/C33H32BrN3O5/c1-3-28(38)30-29(22-8-6-5-7-9-22)27-20-26(34)15-14-25(27)21-37(30)32(40)24-12-10-23(11-13-24)31(39)35-16-18-36(19-17-35)33(41)42-4-2/h5-15,20H,3-4,16-19,21H2,1-2H3. The highest BCUT2D eigenvalue weighted by Gasteiger charge is 2.34. The monoisotopic (exact) mass is 629 g/mol. The van der Waals surface area contributed by atoms with E-state index in [-0.39, 0.29) is 36.7 Å². The molecule has 1 fully saturated rings. The maximum absolute atomic E-state index is 14.0. The predicted octanol–water partition coefficient (Wildman–Crippen LogP) is 5.76. The Balaban J connectivity index is 1.42. The molecule has 2 heterocycles. The molecule has 0 bridgehead atoms. The molecule has 0 atom stereocenters. The number of hydrogen-bond donors (Lipinski definition) is 0. The van der Waals surface area contributed by atoms with Gasteiger partial charge in [0.25, 0.3) is 11.8 Å². The number of rotatable bonds is 6. The van der Waals surface area contributed by atoms with Gasteiger partial charge in [-0.05, 0) is 60.0 Å². The van der Waals surface area contributed by atoms with Gasteiger partial charge < -0.3 is 14.5 Å². The molecule has 216 valence electrons. The number of carbonyl (C=O) groups is 4. The SMILES string of the molecule is CCOC(=O)N1CCN(C(=O)c2ccc(C(=O)N3Cc4ccc(Br)cc4C(c4ccccc4)=C3C(=O)CC)cc2)CC1. The van der Waals surface area contributed by atoms with E-state index in [1.807, 2.05) is 48.5 Å². The molecule has 3 amide bonds. The first-order chi connectivity index (χ1) is 20.3. The van der Waals surface area contributed by atoms with Crippen molar-refractivity contribution in [1.29, 1.82) is 0 Å². The molecule has 3 aromatic carbocycles. The molecule has 0 aromatic heterocycles. The summed E-state index contributed by atoms with van der Waals surface area (Å²) in [4.78, 5) is 57.5. The number of nitrogens with zero attached hydrogens (tertiary/aromatic N) is 3. The summed E-state index contributed by atoms with van der Waals surface area (Å²) in [6.45, 7) is 5.72. The van der Waals surface area contributed by atoms with E-state index < -0.39 is 0 Å². The first kappa shape index (κ1) is 29.3. The molecular formula is C33H32BrN3O5. The number of amides is 3. The molecular weight excluding hydrogens is 598 g/mol. The second kappa shape index (κ2) is 12.7. The Labute approximate surface area is 253 Å². The van der Waals surface area contributed by atoms with E-state index in [1.165, 1.54) is 0 Å². The van der Waals surface area contributed by atoms with Crippen molar-refractivity contribution < 1.29 is 23.9 Å². The number of halogens is 1. The molecule has 0 spiro atoms. The number of allylic oxidation sites excluding steroid dienone is 1. The van der Waals surface area contributed by atoms with Crippen LogP contribution in [0.3, 0.4) is 0 Å². The van der Waals surface area contributed by atoms with Gasteiger partial charge in [-0.1, -0.05) is 59.3 Å². The van der Waals surface area contributed by atoms with Gasteiger partial charge in [-0.3, -0.25) is 19.3 Å². The van der Waals surface area contributed by atoms with Gasteiger partial charge in [0.05, 0.1) is 18.8 Å². The van der Waals surface area contributed by atoms with Gasteiger partial charge in [0.2, 0.25) is 0 Å². The molecule has 2 aliphatic heterocycles. The van der Waals surface area contributed by atoms with Crippen molar-refractivity contribution in [2.45, 2.75) is 26.8 Å². The maximum atomic E-state index is 14.0. The zero-order valence-electron chi connectivity index (χ0n) is 23.6. The van der Waals surface area contributed by atoms with Crippen LogP contribution in [-0.2, 0) is 16.1 Å². The summed E-state index contributed by atoms with van der Waals surface area (Å²) in [5.41, 5.74) is 4.65. The van der Waals surface area contributed by atoms with Crippen LogP contribution in [0.5, 0.6) is 0 Å². The molecule has 0 unspecified atom stereocenters. The maximum Gasteiger partial charge on any atom is 0.409 e. The van der Waals surface area contributed by atoms with Gasteiger partial charge in [0, 0.05) is 53.8 Å². The normalized spacial score (nSPS) is 14.9. The first-order valence-corrected chi connectivity index (χ1v) is 14.9. The molecule has 3 aromatic rings. The molecule has 1 saturated heterocycles. The van der Waals surface area contributed by atoms with Crippen LogP contribution in [-0.4, -0.2) is 71.2 Å². The smallest absolute Gasteiger partial charge is 0.409 e. The number of hydrogen-bond acceptors (Lipinski definition) is 5. The van der Waals surface area contributed by atoms with Gasteiger partial charge >= 0.3 is 6.09 Å². The fourth-order valence-corrected chi connectivity index (χ4v) is 5.72. The molecule has 0 N–H and O–H groups in total. The summed E-state index contributed by atoms with van der Waals surface area (Å²) in [7, 11) is 0. The summed E-state index contributed by atoms with van der Waals surface area (Å²) in [5, 5.41) is 0. The van der Waals surface area contributed by atoms with Gasteiger partial charge in [-0.2, -0.15) is 0 Å². The Hall–Kier alpha value is -4.24. The Morgan fingerprint density at radius 2 is 1.40 bits per heavy atom. The Bertz CT molecular complexity index is 1540. The van der Waals surface area contributed by atoms with Crippen molar-refractivity contribution in [2.24, 2.45) is 0 Å². The second-order valence-electron chi connectivity index (χ2n) is 10.1. The fraction of sp³-hybridized carbons (Fsp3) is 0.273. The van der Waals surface area contributed by atoms with Gasteiger partial charge in [0.15, 0.2) is 5.78 Å². The van der Waals surface area contributed by atoms with Crippen molar-refractivity contribution in [3.8, 4) is 0 Å². The highest BCUT2D eigenvalue weighted by molar-refractivity contribution is 9.10. The van der Waals surface area contributed by atoms with Crippen molar-refractivity contribution in [3.63, 3.8) is 0 Å². The topological polar surface area (TPSA) is 87.2 Å². The van der Waals surface area contributed by atoms with E-state index in [0.29, 0.717) is 49.6 Å². The molecule has 0 saturated carbocycles. The summed E-state index contributed by atoms with van der Waals surface area (Å²) >= 11 is 3.57. The highest BCUT2D eigenvalue weighted by atomic mass is 79.9. The van der Waals surface area contributed by atoms with Crippen LogP contribution >= 0.6 is 15.9 Å². The number of Topliss-reactive ketones (excluding diaryl/α,β-unsaturated/α-hetero) is 1. The number of fused-ring (bicyclic) bond motifs is 1. The Morgan fingerprint density at radius 1 is 0.786 bits per heavy atom. The lowest BCUT2D eigenvalue weighted by Crippen LogP contribution is -2.50. The lowest BCUT2D eigenvalue weighted by atomic mass is 9.86. The molecule has 2 aliphatic rings. The number of benzene rings is 3. The van der Waals surface area contributed by atoms with Crippen LogP contribution in [0.15, 0.2) is 83.0 Å². The minimum Gasteiger partial charge on any atom is -0.450 e. The van der Waals surface area contributed by atoms with Crippen LogP contribution in [0.4, 0.5) is 4.79 Å². The van der Waals surface area contributed by atoms with Crippen molar-refractivity contribution in [2.75, 3.05) is 32.8 Å². The average Bonchev–Trinajstić information content (AvgIpc) is 3.03. The quantitative estimate of drug-likeness (QED) is 0.346. The Morgan fingerprint density at radius 3 is 2.02 bits per heavy atom. The van der Waals surface area contributed by atoms with E-state index in [0.717, 1.165) is 26.7 Å². The van der Waals surface area contributed by atoms with Crippen molar-refractivity contribution in [1.82, 2.24) is 14.7 Å². The van der Waals surface area contributed by atoms with Crippen molar-refractivity contribution in [3.05, 3.63) is 111 Å². The number of ether oxygens (including phenoxy) is 1. The van der Waals surface area contributed by atoms with E-state index in [2.05, 4.69) is 15.9 Å². The number of ketones is 1. The molecule has 0 aliphatic carbocycles. The van der Waals surface area contributed by atoms with Crippen LogP contribution in [0.2, 0.25) is 0 Å².